The van der Waals surface area contributed by atoms with Gasteiger partial charge in [-0.1, -0.05) is 52.3 Å². The van der Waals surface area contributed by atoms with Crippen molar-refractivity contribution in [1.82, 2.24) is 14.7 Å². The van der Waals surface area contributed by atoms with Crippen molar-refractivity contribution in [2.24, 2.45) is 7.05 Å². The molecule has 7 heteroatoms. The van der Waals surface area contributed by atoms with Gasteiger partial charge in [0.1, 0.15) is 6.61 Å². The zero-order valence-electron chi connectivity index (χ0n) is 15.3. The van der Waals surface area contributed by atoms with Gasteiger partial charge in [0.05, 0.1) is 17.3 Å². The molecular weight excluding hydrogens is 410 g/mol. The summed E-state index contributed by atoms with van der Waals surface area (Å²) in [6.45, 7) is 0.595. The fraction of sp³-hybridized carbons (Fsp3) is 0.300. The number of fused-ring (bicyclic) bond motifs is 1. The lowest BCUT2D eigenvalue weighted by Gasteiger charge is -2.19. The second-order valence-corrected chi connectivity index (χ2v) is 7.26. The minimum Gasteiger partial charge on any atom is -0.445 e. The fourth-order valence-electron chi connectivity index (χ4n) is 2.98. The summed E-state index contributed by atoms with van der Waals surface area (Å²) in [5.74, 6) is 0. The topological polar surface area (TPSA) is 67.6 Å². The van der Waals surface area contributed by atoms with Gasteiger partial charge in [0, 0.05) is 30.5 Å². The molecule has 0 saturated carbocycles. The number of amides is 1. The maximum Gasteiger partial charge on any atom is 0.409 e. The predicted octanol–water partition coefficient (Wildman–Crippen LogP) is 4.03. The maximum atomic E-state index is 12.1. The molecule has 142 valence electrons. The van der Waals surface area contributed by atoms with Crippen LogP contribution in [-0.2, 0) is 18.4 Å². The number of hydrogen-bond donors (Lipinski definition) is 1. The number of ether oxygens (including phenoxy) is 1. The molecule has 3 aromatic rings. The van der Waals surface area contributed by atoms with Gasteiger partial charge in [0.15, 0.2) is 0 Å². The summed E-state index contributed by atoms with van der Waals surface area (Å²) in [6, 6.07) is 15.3. The molecule has 1 N–H and O–H groups in total. The zero-order valence-corrected chi connectivity index (χ0v) is 16.9. The predicted molar refractivity (Wildman–Crippen MR) is 107 cm³/mol. The standard InChI is InChI=1S/C20H22BrN3O3/c1-23(20(26)27-13-14-7-4-3-5-8-14)12-11-17(25)19-18-15(21)9-6-10-16(18)22-24(19)2/h3-10,17,25H,11-13H2,1-2H3. The molecule has 1 amide bonds. The summed E-state index contributed by atoms with van der Waals surface area (Å²) in [5.41, 5.74) is 2.48. The Morgan fingerprint density at radius 2 is 2.00 bits per heavy atom. The molecule has 0 fully saturated rings. The van der Waals surface area contributed by atoms with E-state index in [1.165, 1.54) is 4.90 Å². The van der Waals surface area contributed by atoms with E-state index in [0.29, 0.717) is 13.0 Å². The summed E-state index contributed by atoms with van der Waals surface area (Å²) >= 11 is 3.53. The van der Waals surface area contributed by atoms with Crippen LogP contribution in [0, 0.1) is 0 Å². The lowest BCUT2D eigenvalue weighted by atomic mass is 10.1. The third-order valence-electron chi connectivity index (χ3n) is 4.42. The number of rotatable bonds is 6. The van der Waals surface area contributed by atoms with Gasteiger partial charge < -0.3 is 14.7 Å². The Morgan fingerprint density at radius 1 is 1.26 bits per heavy atom. The first-order valence-corrected chi connectivity index (χ1v) is 9.47. The van der Waals surface area contributed by atoms with Gasteiger partial charge in [-0.05, 0) is 24.1 Å². The van der Waals surface area contributed by atoms with Crippen LogP contribution in [0.2, 0.25) is 0 Å². The fourth-order valence-corrected chi connectivity index (χ4v) is 3.54. The number of benzene rings is 2. The monoisotopic (exact) mass is 431 g/mol. The molecule has 27 heavy (non-hydrogen) atoms. The quantitative estimate of drug-likeness (QED) is 0.639. The Balaban J connectivity index is 1.59. The Bertz CT molecular complexity index is 927. The van der Waals surface area contributed by atoms with E-state index in [1.54, 1.807) is 11.7 Å². The van der Waals surface area contributed by atoms with E-state index in [-0.39, 0.29) is 6.61 Å². The molecule has 6 nitrogen and oxygen atoms in total. The Labute approximate surface area is 166 Å². The molecule has 1 unspecified atom stereocenters. The molecule has 0 saturated heterocycles. The average molecular weight is 432 g/mol. The van der Waals surface area contributed by atoms with E-state index in [9.17, 15) is 9.90 Å². The van der Waals surface area contributed by atoms with Crippen molar-refractivity contribution in [1.29, 1.82) is 0 Å². The number of carbonyl (C=O) groups is 1. The molecule has 1 aromatic heterocycles. The summed E-state index contributed by atoms with van der Waals surface area (Å²) in [6.07, 6.45) is -0.780. The van der Waals surface area contributed by atoms with Crippen molar-refractivity contribution in [3.8, 4) is 0 Å². The number of hydrogen-bond acceptors (Lipinski definition) is 4. The van der Waals surface area contributed by atoms with Crippen LogP contribution in [0.3, 0.4) is 0 Å². The van der Waals surface area contributed by atoms with Gasteiger partial charge >= 0.3 is 6.09 Å². The van der Waals surface area contributed by atoms with Crippen molar-refractivity contribution in [3.05, 3.63) is 64.3 Å². The molecule has 0 bridgehead atoms. The number of aliphatic hydroxyl groups excluding tert-OH is 1. The Hall–Kier alpha value is -2.38. The normalized spacial score (nSPS) is 12.1. The number of halogens is 1. The van der Waals surface area contributed by atoms with Crippen LogP contribution in [-0.4, -0.2) is 39.5 Å². The molecule has 2 aromatic carbocycles. The molecule has 1 atom stereocenters. The molecular formula is C20H22BrN3O3. The minimum atomic E-state index is -0.747. The highest BCUT2D eigenvalue weighted by molar-refractivity contribution is 9.10. The van der Waals surface area contributed by atoms with Crippen LogP contribution in [0.25, 0.3) is 10.9 Å². The summed E-state index contributed by atoms with van der Waals surface area (Å²) in [5, 5.41) is 16.0. The summed E-state index contributed by atoms with van der Waals surface area (Å²) < 4.78 is 7.88. The lowest BCUT2D eigenvalue weighted by molar-refractivity contribution is 0.0940. The van der Waals surface area contributed by atoms with Gasteiger partial charge in [-0.25, -0.2) is 4.79 Å². The number of aliphatic hydroxyl groups is 1. The first-order chi connectivity index (χ1) is 13.0. The highest BCUT2D eigenvalue weighted by Gasteiger charge is 2.20. The van der Waals surface area contributed by atoms with Crippen molar-refractivity contribution >= 4 is 32.9 Å². The highest BCUT2D eigenvalue weighted by Crippen LogP contribution is 2.31. The molecule has 1 heterocycles. The van der Waals surface area contributed by atoms with E-state index in [4.69, 9.17) is 4.74 Å². The summed E-state index contributed by atoms with van der Waals surface area (Å²) in [4.78, 5) is 13.6. The smallest absolute Gasteiger partial charge is 0.409 e. The largest absolute Gasteiger partial charge is 0.445 e. The number of carbonyl (C=O) groups excluding carboxylic acids is 1. The SMILES string of the molecule is CN(CCC(O)c1c2c(Br)cccc2nn1C)C(=O)OCc1ccccc1. The second-order valence-electron chi connectivity index (χ2n) is 6.41. The van der Waals surface area contributed by atoms with Crippen molar-refractivity contribution in [2.75, 3.05) is 13.6 Å². The van der Waals surface area contributed by atoms with Gasteiger partial charge in [-0.3, -0.25) is 4.68 Å². The zero-order chi connectivity index (χ0) is 19.4. The van der Waals surface area contributed by atoms with Crippen molar-refractivity contribution in [3.63, 3.8) is 0 Å². The van der Waals surface area contributed by atoms with Gasteiger partial charge in [0.25, 0.3) is 0 Å². The van der Waals surface area contributed by atoms with E-state index in [2.05, 4.69) is 21.0 Å². The second kappa shape index (κ2) is 8.54. The van der Waals surface area contributed by atoms with Crippen LogP contribution in [0.15, 0.2) is 53.0 Å². The molecule has 0 aliphatic heterocycles. The first-order valence-electron chi connectivity index (χ1n) is 8.68. The Morgan fingerprint density at radius 3 is 2.74 bits per heavy atom. The molecule has 0 aliphatic rings. The lowest BCUT2D eigenvalue weighted by Crippen LogP contribution is -2.29. The highest BCUT2D eigenvalue weighted by atomic mass is 79.9. The van der Waals surface area contributed by atoms with Gasteiger partial charge in [0.2, 0.25) is 0 Å². The van der Waals surface area contributed by atoms with E-state index in [1.807, 2.05) is 55.6 Å². The van der Waals surface area contributed by atoms with E-state index < -0.39 is 12.2 Å². The number of aryl methyl sites for hydroxylation is 1. The summed E-state index contributed by atoms with van der Waals surface area (Å²) in [7, 11) is 3.47. The van der Waals surface area contributed by atoms with Crippen molar-refractivity contribution in [2.45, 2.75) is 19.1 Å². The number of aromatic nitrogens is 2. The van der Waals surface area contributed by atoms with Gasteiger partial charge in [-0.2, -0.15) is 5.10 Å². The Kier molecular flexibility index (Phi) is 6.13. The minimum absolute atomic E-state index is 0.228. The van der Waals surface area contributed by atoms with E-state index >= 15 is 0 Å². The van der Waals surface area contributed by atoms with Crippen LogP contribution >= 0.6 is 15.9 Å². The molecule has 0 spiro atoms. The first kappa shape index (κ1) is 19.4. The van der Waals surface area contributed by atoms with Crippen LogP contribution in [0.4, 0.5) is 4.79 Å². The third kappa shape index (κ3) is 4.48. The molecule has 3 rings (SSSR count). The number of nitrogens with zero attached hydrogens (tertiary/aromatic N) is 3. The van der Waals surface area contributed by atoms with Gasteiger partial charge in [-0.15, -0.1) is 0 Å². The average Bonchev–Trinajstić information content (AvgIpc) is 3.02. The molecule has 0 radical (unpaired) electrons. The van der Waals surface area contributed by atoms with Crippen LogP contribution < -0.4 is 0 Å². The van der Waals surface area contributed by atoms with Crippen molar-refractivity contribution < 1.29 is 14.6 Å². The van der Waals surface area contributed by atoms with E-state index in [0.717, 1.165) is 26.6 Å². The van der Waals surface area contributed by atoms with Crippen LogP contribution in [0.5, 0.6) is 0 Å². The maximum absolute atomic E-state index is 12.1. The third-order valence-corrected chi connectivity index (χ3v) is 5.09. The molecule has 0 aliphatic carbocycles. The van der Waals surface area contributed by atoms with Crippen LogP contribution in [0.1, 0.15) is 23.8 Å².